The van der Waals surface area contributed by atoms with Gasteiger partial charge >= 0.3 is 5.97 Å². The highest BCUT2D eigenvalue weighted by molar-refractivity contribution is 6.35. The number of esters is 1. The van der Waals surface area contributed by atoms with Crippen molar-refractivity contribution in [2.24, 2.45) is 0 Å². The molecule has 0 saturated carbocycles. The normalized spacial score (nSPS) is 11.5. The lowest BCUT2D eigenvalue weighted by atomic mass is 10.1. The highest BCUT2D eigenvalue weighted by atomic mass is 35.5. The van der Waals surface area contributed by atoms with Crippen molar-refractivity contribution in [1.29, 1.82) is 0 Å². The smallest absolute Gasteiger partial charge is 0.345 e. The zero-order chi connectivity index (χ0) is 19.3. The summed E-state index contributed by atoms with van der Waals surface area (Å²) in [5.74, 6) is -1.53. The molecule has 0 fully saturated rings. The number of carbonyl (C=O) groups is 2. The maximum Gasteiger partial charge on any atom is 0.345 e. The first kappa shape index (κ1) is 19.7. The third-order valence-corrected chi connectivity index (χ3v) is 4.02. The van der Waals surface area contributed by atoms with Crippen molar-refractivity contribution in [3.05, 3.63) is 73.8 Å². The second kappa shape index (κ2) is 8.64. The molecule has 0 aliphatic rings. The predicted molar refractivity (Wildman–Crippen MR) is 96.4 cm³/mol. The van der Waals surface area contributed by atoms with Gasteiger partial charge in [-0.2, -0.15) is 0 Å². The van der Waals surface area contributed by atoms with Crippen LogP contribution in [0, 0.1) is 10.1 Å². The van der Waals surface area contributed by atoms with E-state index >= 15 is 0 Å². The van der Waals surface area contributed by atoms with Crippen LogP contribution in [0.4, 0.5) is 5.69 Å². The Hall–Kier alpha value is -2.64. The molecule has 0 aliphatic heterocycles. The molecule has 9 heteroatoms. The van der Waals surface area contributed by atoms with Crippen LogP contribution in [0.2, 0.25) is 10.0 Å². The summed E-state index contributed by atoms with van der Waals surface area (Å²) in [5, 5.41) is 14.4. The number of ether oxygens (including phenoxy) is 1. The number of nitrogens with zero attached hydrogens (tertiary/aromatic N) is 1. The summed E-state index contributed by atoms with van der Waals surface area (Å²) in [6.45, 7) is 1.12. The van der Waals surface area contributed by atoms with Crippen LogP contribution in [0.1, 0.15) is 28.9 Å². The number of hydrogen-bond donors (Lipinski definition) is 1. The molecule has 0 bridgehead atoms. The van der Waals surface area contributed by atoms with Crippen LogP contribution in [0.15, 0.2) is 42.5 Å². The third kappa shape index (κ3) is 4.93. The molecule has 0 radical (unpaired) electrons. The number of nitro groups is 1. The van der Waals surface area contributed by atoms with Crippen LogP contribution in [-0.2, 0) is 9.53 Å². The van der Waals surface area contributed by atoms with Crippen LogP contribution in [0.5, 0.6) is 0 Å². The minimum atomic E-state index is -0.954. The third-order valence-electron chi connectivity index (χ3n) is 3.46. The van der Waals surface area contributed by atoms with Gasteiger partial charge in [-0.05, 0) is 30.7 Å². The number of nitro benzene ring substituents is 1. The molecule has 0 heterocycles. The van der Waals surface area contributed by atoms with Crippen LogP contribution >= 0.6 is 23.2 Å². The summed E-state index contributed by atoms with van der Waals surface area (Å²) in [7, 11) is 0. The Bertz CT molecular complexity index is 857. The van der Waals surface area contributed by atoms with Crippen LogP contribution in [0.3, 0.4) is 0 Å². The second-order valence-corrected chi connectivity index (χ2v) is 6.15. The van der Waals surface area contributed by atoms with Crippen molar-refractivity contribution in [2.45, 2.75) is 13.0 Å². The Kier molecular flexibility index (Phi) is 6.54. The molecule has 0 aromatic heterocycles. The summed E-state index contributed by atoms with van der Waals surface area (Å²) in [6, 6.07) is 9.75. The van der Waals surface area contributed by atoms with Gasteiger partial charge in [-0.15, -0.1) is 0 Å². The Morgan fingerprint density at radius 3 is 2.58 bits per heavy atom. The maximum absolute atomic E-state index is 12.0. The number of amides is 1. The molecule has 2 aromatic rings. The number of hydrogen-bond acceptors (Lipinski definition) is 5. The van der Waals surface area contributed by atoms with Crippen molar-refractivity contribution in [3.63, 3.8) is 0 Å². The number of benzene rings is 2. The van der Waals surface area contributed by atoms with Gasteiger partial charge in [0.25, 0.3) is 11.6 Å². The lowest BCUT2D eigenvalue weighted by Gasteiger charge is -2.16. The van der Waals surface area contributed by atoms with Gasteiger partial charge in [0.15, 0.2) is 6.61 Å². The van der Waals surface area contributed by atoms with Crippen molar-refractivity contribution >= 4 is 40.8 Å². The predicted octanol–water partition coefficient (Wildman–Crippen LogP) is 3.94. The van der Waals surface area contributed by atoms with Crippen molar-refractivity contribution in [3.8, 4) is 0 Å². The fraction of sp³-hybridized carbons (Fsp3) is 0.176. The highest BCUT2D eigenvalue weighted by Gasteiger charge is 2.21. The van der Waals surface area contributed by atoms with E-state index in [1.807, 2.05) is 0 Å². The molecule has 2 aromatic carbocycles. The van der Waals surface area contributed by atoms with Gasteiger partial charge < -0.3 is 10.1 Å². The lowest BCUT2D eigenvalue weighted by molar-refractivity contribution is -0.385. The van der Waals surface area contributed by atoms with Crippen LogP contribution in [0.25, 0.3) is 0 Å². The molecule has 0 unspecified atom stereocenters. The summed E-state index contributed by atoms with van der Waals surface area (Å²) >= 11 is 11.9. The average Bonchev–Trinajstić information content (AvgIpc) is 2.59. The van der Waals surface area contributed by atoms with Gasteiger partial charge in [0, 0.05) is 16.1 Å². The number of carbonyl (C=O) groups excluding carboxylic acids is 2. The first-order chi connectivity index (χ1) is 12.3. The lowest BCUT2D eigenvalue weighted by Crippen LogP contribution is -2.31. The van der Waals surface area contributed by atoms with E-state index in [1.165, 1.54) is 24.3 Å². The number of halogens is 2. The zero-order valence-corrected chi connectivity index (χ0v) is 15.1. The Morgan fingerprint density at radius 1 is 1.23 bits per heavy atom. The molecule has 0 spiro atoms. The molecule has 1 amide bonds. The monoisotopic (exact) mass is 396 g/mol. The number of rotatable bonds is 6. The SMILES string of the molecule is C[C@@H](NC(=O)COC(=O)c1ccccc1[N+](=O)[O-])c1ccc(Cl)cc1Cl. The zero-order valence-electron chi connectivity index (χ0n) is 13.6. The minimum Gasteiger partial charge on any atom is -0.452 e. The molecule has 7 nitrogen and oxygen atoms in total. The van der Waals surface area contributed by atoms with E-state index < -0.39 is 29.4 Å². The van der Waals surface area contributed by atoms with Crippen molar-refractivity contribution in [2.75, 3.05) is 6.61 Å². The average molecular weight is 397 g/mol. The summed E-state index contributed by atoms with van der Waals surface area (Å²) in [5.41, 5.74) is 0.0350. The van der Waals surface area contributed by atoms with E-state index in [-0.39, 0.29) is 11.3 Å². The Labute approximate surface area is 159 Å². The first-order valence-corrected chi connectivity index (χ1v) is 8.20. The number of para-hydroxylation sites is 1. The van der Waals surface area contributed by atoms with E-state index in [4.69, 9.17) is 27.9 Å². The molecule has 1 atom stereocenters. The second-order valence-electron chi connectivity index (χ2n) is 5.31. The van der Waals surface area contributed by atoms with Crippen LogP contribution in [-0.4, -0.2) is 23.4 Å². The largest absolute Gasteiger partial charge is 0.452 e. The van der Waals surface area contributed by atoms with Gasteiger partial charge in [0.1, 0.15) is 5.56 Å². The van der Waals surface area contributed by atoms with Crippen molar-refractivity contribution in [1.82, 2.24) is 5.32 Å². The summed E-state index contributed by atoms with van der Waals surface area (Å²) < 4.78 is 4.86. The minimum absolute atomic E-state index is 0.223. The molecule has 1 N–H and O–H groups in total. The topological polar surface area (TPSA) is 98.5 Å². The Morgan fingerprint density at radius 2 is 1.92 bits per heavy atom. The van der Waals surface area contributed by atoms with E-state index in [2.05, 4.69) is 5.32 Å². The summed E-state index contributed by atoms with van der Waals surface area (Å²) in [4.78, 5) is 34.2. The van der Waals surface area contributed by atoms with Crippen LogP contribution < -0.4 is 5.32 Å². The fourth-order valence-electron chi connectivity index (χ4n) is 2.23. The van der Waals surface area contributed by atoms with Crippen molar-refractivity contribution < 1.29 is 19.2 Å². The Balaban J connectivity index is 1.96. The van der Waals surface area contributed by atoms with E-state index in [9.17, 15) is 19.7 Å². The van der Waals surface area contributed by atoms with Gasteiger partial charge in [-0.1, -0.05) is 41.4 Å². The quantitative estimate of drug-likeness (QED) is 0.452. The molecule has 136 valence electrons. The molecule has 0 saturated heterocycles. The van der Waals surface area contributed by atoms with Gasteiger partial charge in [0.2, 0.25) is 0 Å². The molecule has 26 heavy (non-hydrogen) atoms. The number of nitrogens with one attached hydrogen (secondary N) is 1. The molecular weight excluding hydrogens is 383 g/mol. The standard InChI is InChI=1S/C17H14Cl2N2O5/c1-10(12-7-6-11(18)8-14(12)19)20-16(22)9-26-17(23)13-4-2-3-5-15(13)21(24)25/h2-8,10H,9H2,1H3,(H,20,22)/t10-/m1/s1. The molecule has 0 aliphatic carbocycles. The highest BCUT2D eigenvalue weighted by Crippen LogP contribution is 2.26. The molecular formula is C17H14Cl2N2O5. The van der Waals surface area contributed by atoms with Gasteiger partial charge in [0.05, 0.1) is 11.0 Å². The first-order valence-electron chi connectivity index (χ1n) is 7.44. The maximum atomic E-state index is 12.0. The van der Waals surface area contributed by atoms with E-state index in [1.54, 1.807) is 25.1 Å². The van der Waals surface area contributed by atoms with Gasteiger partial charge in [-0.3, -0.25) is 14.9 Å². The van der Waals surface area contributed by atoms with E-state index in [0.717, 1.165) is 0 Å². The van der Waals surface area contributed by atoms with Gasteiger partial charge in [-0.25, -0.2) is 4.79 Å². The van der Waals surface area contributed by atoms with E-state index in [0.29, 0.717) is 15.6 Å². The fourth-order valence-corrected chi connectivity index (χ4v) is 2.80. The molecule has 2 rings (SSSR count). The summed E-state index contributed by atoms with van der Waals surface area (Å²) in [6.07, 6.45) is 0.